The van der Waals surface area contributed by atoms with Gasteiger partial charge in [0.05, 0.1) is 11.0 Å². The topological polar surface area (TPSA) is 18.1 Å². The van der Waals surface area contributed by atoms with Crippen LogP contribution in [0.3, 0.4) is 0 Å². The van der Waals surface area contributed by atoms with Crippen molar-refractivity contribution in [3.8, 4) is 50.2 Å². The summed E-state index contributed by atoms with van der Waals surface area (Å²) in [6.45, 7) is 4.57. The Morgan fingerprint density at radius 1 is 0.443 bits per heavy atom. The second-order valence-electron chi connectivity index (χ2n) is 16.4. The minimum atomic E-state index is 0.319. The van der Waals surface area contributed by atoms with Gasteiger partial charge in [0.15, 0.2) is 0 Å². The van der Waals surface area contributed by atoms with Crippen LogP contribution in [0, 0.1) is 6.92 Å². The molecule has 0 aliphatic rings. The van der Waals surface area contributed by atoms with E-state index in [1.165, 1.54) is 71.9 Å². The maximum absolute atomic E-state index is 6.77. The summed E-state index contributed by atoms with van der Waals surface area (Å²) >= 11 is 0. The van der Waals surface area contributed by atoms with E-state index in [-0.39, 0.29) is 0 Å². The monoisotopic (exact) mass is 783 g/mol. The molecule has 0 saturated heterocycles. The van der Waals surface area contributed by atoms with E-state index >= 15 is 0 Å². The molecule has 11 rings (SSSR count). The maximum Gasteiger partial charge on any atom is 0.143 e. The summed E-state index contributed by atoms with van der Waals surface area (Å²) in [7, 11) is 0. The van der Waals surface area contributed by atoms with Crippen LogP contribution in [-0.2, 0) is 6.42 Å². The average Bonchev–Trinajstić information content (AvgIpc) is 3.87. The Hall–Kier alpha value is -7.42. The quantitative estimate of drug-likeness (QED) is 0.143. The number of hydrogen-bond acceptors (Lipinski definition) is 1. The van der Waals surface area contributed by atoms with Crippen molar-refractivity contribution in [3.05, 3.63) is 223 Å². The van der Waals surface area contributed by atoms with Crippen molar-refractivity contribution in [2.45, 2.75) is 32.6 Å². The lowest BCUT2D eigenvalue weighted by molar-refractivity contribution is 0.662. The first-order valence-electron chi connectivity index (χ1n) is 21.5. The van der Waals surface area contributed by atoms with E-state index in [4.69, 9.17) is 4.42 Å². The molecule has 0 fully saturated rings. The number of nitrogens with zero attached hydrogens (tertiary/aromatic N) is 1. The molecule has 292 valence electrons. The number of para-hydroxylation sites is 3. The van der Waals surface area contributed by atoms with Crippen molar-refractivity contribution in [2.75, 3.05) is 0 Å². The maximum atomic E-state index is 6.77. The number of fused-ring (bicyclic) bond motifs is 6. The van der Waals surface area contributed by atoms with E-state index in [1.54, 1.807) is 0 Å². The molecule has 61 heavy (non-hydrogen) atoms. The van der Waals surface area contributed by atoms with Gasteiger partial charge < -0.3 is 8.98 Å². The molecule has 0 aliphatic heterocycles. The van der Waals surface area contributed by atoms with E-state index in [2.05, 4.69) is 225 Å². The Morgan fingerprint density at radius 2 is 1.08 bits per heavy atom. The molecule has 2 heterocycles. The first-order chi connectivity index (χ1) is 30.1. The molecule has 0 amide bonds. The second-order valence-corrected chi connectivity index (χ2v) is 16.4. The third-order valence-corrected chi connectivity index (χ3v) is 12.8. The fourth-order valence-corrected chi connectivity index (χ4v) is 9.63. The van der Waals surface area contributed by atoms with Gasteiger partial charge in [-0.1, -0.05) is 165 Å². The van der Waals surface area contributed by atoms with Gasteiger partial charge in [-0.15, -0.1) is 0 Å². The first kappa shape index (κ1) is 36.6. The molecule has 0 bridgehead atoms. The molecule has 0 aliphatic carbocycles. The second kappa shape index (κ2) is 15.3. The Morgan fingerprint density at radius 3 is 1.89 bits per heavy atom. The number of benzene rings is 9. The summed E-state index contributed by atoms with van der Waals surface area (Å²) < 4.78 is 9.15. The van der Waals surface area contributed by atoms with E-state index in [0.717, 1.165) is 51.6 Å². The van der Waals surface area contributed by atoms with E-state index in [1.807, 2.05) is 0 Å². The molecule has 1 atom stereocenters. The van der Waals surface area contributed by atoms with Gasteiger partial charge in [0, 0.05) is 32.8 Å². The summed E-state index contributed by atoms with van der Waals surface area (Å²) in [5.74, 6) is 0.319. The lowest BCUT2D eigenvalue weighted by Gasteiger charge is -2.22. The standard InChI is InChI=1S/C59H45NO/c1-3-41(34-40-26-28-43(29-27-40)42-17-6-4-7-18-42)52-35-44(30-32-49(52)48-21-11-10-16-39(48)2)46-37-53(59-55(38-46)51-23-13-15-25-58(51)61-59)45-31-33-57-54(36-45)50-22-12-14-24-56(50)60(57)47-19-8-5-9-20-47/h4-33,35-38,41H,3,34H2,1-2H3. The van der Waals surface area contributed by atoms with Crippen molar-refractivity contribution in [1.82, 2.24) is 4.57 Å². The Balaban J connectivity index is 1.08. The van der Waals surface area contributed by atoms with Gasteiger partial charge in [0.2, 0.25) is 0 Å². The summed E-state index contributed by atoms with van der Waals surface area (Å²) in [5.41, 5.74) is 19.1. The number of aromatic nitrogens is 1. The highest BCUT2D eigenvalue weighted by Gasteiger charge is 2.21. The van der Waals surface area contributed by atoms with Gasteiger partial charge in [-0.05, 0) is 130 Å². The predicted molar refractivity (Wildman–Crippen MR) is 258 cm³/mol. The molecular weight excluding hydrogens is 739 g/mol. The van der Waals surface area contributed by atoms with E-state index in [9.17, 15) is 0 Å². The summed E-state index contributed by atoms with van der Waals surface area (Å²) in [4.78, 5) is 0. The third-order valence-electron chi connectivity index (χ3n) is 12.8. The number of furan rings is 1. The third kappa shape index (κ3) is 6.53. The van der Waals surface area contributed by atoms with Crippen LogP contribution in [0.4, 0.5) is 0 Å². The molecule has 2 heteroatoms. The van der Waals surface area contributed by atoms with Crippen LogP contribution in [0.25, 0.3) is 93.9 Å². The average molecular weight is 784 g/mol. The Bertz CT molecular complexity index is 3370. The zero-order valence-corrected chi connectivity index (χ0v) is 34.5. The number of hydrogen-bond donors (Lipinski definition) is 0. The van der Waals surface area contributed by atoms with Crippen LogP contribution in [0.15, 0.2) is 211 Å². The van der Waals surface area contributed by atoms with Crippen LogP contribution in [0.2, 0.25) is 0 Å². The minimum Gasteiger partial charge on any atom is -0.455 e. The van der Waals surface area contributed by atoms with Gasteiger partial charge >= 0.3 is 0 Å². The zero-order valence-electron chi connectivity index (χ0n) is 34.5. The SMILES string of the molecule is CCC(Cc1ccc(-c2ccccc2)cc1)c1cc(-c2cc(-c3ccc4c(c3)c3ccccc3n4-c3ccccc3)c3oc4ccccc4c3c2)ccc1-c1ccccc1C. The van der Waals surface area contributed by atoms with Gasteiger partial charge in [-0.25, -0.2) is 0 Å². The van der Waals surface area contributed by atoms with E-state index < -0.39 is 0 Å². The summed E-state index contributed by atoms with van der Waals surface area (Å²) in [6, 6.07) is 75.3. The highest BCUT2D eigenvalue weighted by molar-refractivity contribution is 6.14. The van der Waals surface area contributed by atoms with Gasteiger partial charge in [0.1, 0.15) is 11.2 Å². The molecule has 9 aromatic carbocycles. The van der Waals surface area contributed by atoms with Crippen molar-refractivity contribution in [3.63, 3.8) is 0 Å². The highest BCUT2D eigenvalue weighted by Crippen LogP contribution is 2.44. The Labute approximate surface area is 357 Å². The van der Waals surface area contributed by atoms with Crippen LogP contribution in [-0.4, -0.2) is 4.57 Å². The summed E-state index contributed by atoms with van der Waals surface area (Å²) in [5, 5.41) is 4.71. The van der Waals surface area contributed by atoms with Crippen LogP contribution in [0.5, 0.6) is 0 Å². The molecule has 2 aromatic heterocycles. The fraction of sp³-hybridized carbons (Fsp3) is 0.0847. The van der Waals surface area contributed by atoms with Crippen LogP contribution < -0.4 is 0 Å². The number of rotatable bonds is 9. The first-order valence-corrected chi connectivity index (χ1v) is 21.5. The smallest absolute Gasteiger partial charge is 0.143 e. The molecule has 0 N–H and O–H groups in total. The number of aryl methyl sites for hydroxylation is 1. The lowest BCUT2D eigenvalue weighted by atomic mass is 9.82. The lowest BCUT2D eigenvalue weighted by Crippen LogP contribution is -2.05. The van der Waals surface area contributed by atoms with Crippen molar-refractivity contribution >= 4 is 43.7 Å². The predicted octanol–water partition coefficient (Wildman–Crippen LogP) is 16.4. The van der Waals surface area contributed by atoms with Crippen molar-refractivity contribution < 1.29 is 4.42 Å². The molecule has 0 spiro atoms. The van der Waals surface area contributed by atoms with E-state index in [0.29, 0.717) is 5.92 Å². The largest absolute Gasteiger partial charge is 0.455 e. The zero-order chi connectivity index (χ0) is 40.9. The Kier molecular flexibility index (Phi) is 9.20. The fourth-order valence-electron chi connectivity index (χ4n) is 9.63. The van der Waals surface area contributed by atoms with Crippen LogP contribution >= 0.6 is 0 Å². The van der Waals surface area contributed by atoms with Gasteiger partial charge in [-0.2, -0.15) is 0 Å². The molecule has 1 unspecified atom stereocenters. The summed E-state index contributed by atoms with van der Waals surface area (Å²) in [6.07, 6.45) is 1.98. The van der Waals surface area contributed by atoms with Crippen molar-refractivity contribution in [2.24, 2.45) is 0 Å². The highest BCUT2D eigenvalue weighted by atomic mass is 16.3. The van der Waals surface area contributed by atoms with Crippen LogP contribution in [0.1, 0.15) is 36.0 Å². The molecule has 2 nitrogen and oxygen atoms in total. The van der Waals surface area contributed by atoms with Gasteiger partial charge in [0.25, 0.3) is 0 Å². The normalized spacial score (nSPS) is 12.2. The molecular formula is C59H45NO. The van der Waals surface area contributed by atoms with Crippen molar-refractivity contribution in [1.29, 1.82) is 0 Å². The minimum absolute atomic E-state index is 0.319. The molecule has 0 radical (unpaired) electrons. The molecule has 0 saturated carbocycles. The molecule has 11 aromatic rings. The van der Waals surface area contributed by atoms with Gasteiger partial charge in [-0.3, -0.25) is 0 Å².